The number of fused-ring (bicyclic) bond motifs is 6. The van der Waals surface area contributed by atoms with Crippen molar-refractivity contribution in [3.63, 3.8) is 0 Å². The summed E-state index contributed by atoms with van der Waals surface area (Å²) in [5.41, 5.74) is 0.696. The molecule has 12 nitrogen and oxygen atoms in total. The van der Waals surface area contributed by atoms with Crippen molar-refractivity contribution in [3.8, 4) is 5.75 Å². The lowest BCUT2D eigenvalue weighted by molar-refractivity contribution is -0.116. The van der Waals surface area contributed by atoms with Crippen LogP contribution in [-0.2, 0) is 21.5 Å². The van der Waals surface area contributed by atoms with Crippen LogP contribution in [0.4, 0.5) is 25.1 Å². The molecule has 1 spiro atoms. The Morgan fingerprint density at radius 1 is 1.08 bits per heavy atom. The van der Waals surface area contributed by atoms with Crippen LogP contribution in [0.5, 0.6) is 5.75 Å². The van der Waals surface area contributed by atoms with Crippen LogP contribution < -0.4 is 10.9 Å². The molecule has 2 N–H and O–H groups in total. The predicted octanol–water partition coefficient (Wildman–Crippen LogP) is 5.38. The number of halogens is 5. The highest BCUT2D eigenvalue weighted by Crippen LogP contribution is 3.02. The van der Waals surface area contributed by atoms with Crippen molar-refractivity contribution in [2.24, 2.45) is 5.92 Å². The minimum atomic E-state index is -9.90. The third kappa shape index (κ3) is 5.31. The van der Waals surface area contributed by atoms with Crippen LogP contribution in [0.25, 0.3) is 11.4 Å². The normalized spacial score (nSPS) is 22.3. The monoisotopic (exact) mass is 719 g/mol. The number of benzene rings is 1. The molecule has 1 saturated carbocycles. The number of nitrogens with zero attached hydrogens (tertiary/aromatic N) is 6. The molecule has 2 atom stereocenters. The molecule has 264 valence electrons. The number of amides is 2. The molecule has 0 bridgehead atoms. The number of nitrogens with one attached hydrogen (secondary N) is 1. The van der Waals surface area contributed by atoms with Gasteiger partial charge in [0.1, 0.15) is 17.2 Å². The van der Waals surface area contributed by atoms with Gasteiger partial charge in [-0.15, -0.1) is 5.10 Å². The summed E-state index contributed by atoms with van der Waals surface area (Å²) < 4.78 is 74.4. The molecule has 8 rings (SSSR count). The number of hydrogen-bond acceptors (Lipinski definition) is 8. The molecule has 4 aliphatic rings. The van der Waals surface area contributed by atoms with Crippen LogP contribution in [0.3, 0.4) is 0 Å². The topological polar surface area (TPSA) is 144 Å². The fourth-order valence-electron chi connectivity index (χ4n) is 7.82. The van der Waals surface area contributed by atoms with Crippen LogP contribution in [0.1, 0.15) is 59.2 Å². The van der Waals surface area contributed by atoms with E-state index in [0.717, 1.165) is 24.1 Å². The van der Waals surface area contributed by atoms with E-state index >= 15 is 0 Å². The molecule has 50 heavy (non-hydrogen) atoms. The third-order valence-corrected chi connectivity index (χ3v) is 11.4. The zero-order valence-electron chi connectivity index (χ0n) is 26.2. The first-order valence-electron chi connectivity index (χ1n) is 15.9. The first kappa shape index (κ1) is 32.4. The molecule has 1 saturated heterocycles. The van der Waals surface area contributed by atoms with Crippen molar-refractivity contribution in [3.05, 3.63) is 81.8 Å². The summed E-state index contributed by atoms with van der Waals surface area (Å²) in [4.78, 5) is 49.3. The van der Waals surface area contributed by atoms with Gasteiger partial charge < -0.3 is 24.6 Å². The smallest absolute Gasteiger partial charge is 0.310 e. The van der Waals surface area contributed by atoms with E-state index in [2.05, 4.69) is 20.4 Å². The number of rotatable bonds is 6. The molecule has 2 aliphatic carbocycles. The van der Waals surface area contributed by atoms with Gasteiger partial charge >= 0.3 is 10.2 Å². The van der Waals surface area contributed by atoms with Crippen LogP contribution in [-0.4, -0.2) is 72.3 Å². The quantitative estimate of drug-likeness (QED) is 0.253. The van der Waals surface area contributed by atoms with E-state index in [1.165, 1.54) is 22.8 Å². The molecule has 2 fully saturated rings. The van der Waals surface area contributed by atoms with Crippen molar-refractivity contribution in [1.82, 2.24) is 29.0 Å². The van der Waals surface area contributed by atoms with Gasteiger partial charge in [0.05, 0.1) is 13.2 Å². The molecule has 0 unspecified atom stereocenters. The van der Waals surface area contributed by atoms with Crippen molar-refractivity contribution in [2.45, 2.75) is 48.5 Å². The number of piperidine rings is 1. The van der Waals surface area contributed by atoms with Gasteiger partial charge in [-0.2, -0.15) is 9.50 Å². The highest BCUT2D eigenvalue weighted by atomic mass is 32.5. The lowest BCUT2D eigenvalue weighted by Gasteiger charge is -2.41. The summed E-state index contributed by atoms with van der Waals surface area (Å²) in [6.07, 6.45) is 5.35. The third-order valence-electron chi connectivity index (χ3n) is 10.2. The van der Waals surface area contributed by atoms with Crippen molar-refractivity contribution >= 4 is 39.1 Å². The summed E-state index contributed by atoms with van der Waals surface area (Å²) in [5, 5.41) is 17.2. The van der Waals surface area contributed by atoms with E-state index in [9.17, 15) is 38.9 Å². The summed E-state index contributed by atoms with van der Waals surface area (Å²) in [6.45, 7) is 0.968. The Kier molecular flexibility index (Phi) is 6.70. The molecule has 18 heteroatoms. The molecule has 2 amide bonds. The SMILES string of the molecule is O=C(Cn1c2c(c(=O)n3nc(C4=CCOCC4)nc13)C1(CCN(C(=O)c3ncccc3O)CC1)[C@@H]1C[C@H]21)Nc1ccc(S(F)(F)(F)(F)F)cc1. The molecule has 2 aliphatic heterocycles. The van der Waals surface area contributed by atoms with Gasteiger partial charge in [-0.25, -0.2) is 4.98 Å². The van der Waals surface area contributed by atoms with E-state index in [4.69, 9.17) is 4.74 Å². The second-order valence-electron chi connectivity index (χ2n) is 13.2. The highest BCUT2D eigenvalue weighted by Gasteiger charge is 2.66. The summed E-state index contributed by atoms with van der Waals surface area (Å²) in [6, 6.07) is 4.88. The number of aromatic nitrogens is 5. The summed E-state index contributed by atoms with van der Waals surface area (Å²) in [7, 11) is -9.90. The van der Waals surface area contributed by atoms with Crippen molar-refractivity contribution < 1.29 is 38.9 Å². The largest absolute Gasteiger partial charge is 0.505 e. The fraction of sp³-hybridized carbons (Fsp3) is 0.375. The number of carbonyl (C=O) groups is 2. The number of ether oxygens (including phenoxy) is 1. The average molecular weight is 720 g/mol. The average Bonchev–Trinajstić information content (AvgIpc) is 3.67. The fourth-order valence-corrected chi connectivity index (χ4v) is 8.47. The second kappa shape index (κ2) is 10.3. The van der Waals surface area contributed by atoms with Crippen LogP contribution in [0.15, 0.2) is 58.4 Å². The van der Waals surface area contributed by atoms with Gasteiger partial charge in [0.25, 0.3) is 11.5 Å². The van der Waals surface area contributed by atoms with Crippen LogP contribution in [0, 0.1) is 5.92 Å². The Labute approximate surface area is 280 Å². The molecular formula is C32H30F5N7O5S. The van der Waals surface area contributed by atoms with Crippen molar-refractivity contribution in [2.75, 3.05) is 31.6 Å². The lowest BCUT2D eigenvalue weighted by Crippen LogP contribution is -2.48. The Morgan fingerprint density at radius 2 is 1.82 bits per heavy atom. The maximum atomic E-state index is 14.4. The predicted molar refractivity (Wildman–Crippen MR) is 171 cm³/mol. The first-order chi connectivity index (χ1) is 23.5. The van der Waals surface area contributed by atoms with Gasteiger partial charge in [-0.1, -0.05) is 25.5 Å². The van der Waals surface area contributed by atoms with Crippen molar-refractivity contribution in [1.29, 1.82) is 0 Å². The van der Waals surface area contributed by atoms with E-state index < -0.39 is 38.9 Å². The summed E-state index contributed by atoms with van der Waals surface area (Å²) >= 11 is 0. The Bertz CT molecular complexity index is 2200. The zero-order valence-corrected chi connectivity index (χ0v) is 27.0. The number of aromatic hydroxyl groups is 1. The van der Waals surface area contributed by atoms with E-state index in [0.29, 0.717) is 62.6 Å². The maximum absolute atomic E-state index is 14.4. The van der Waals surface area contributed by atoms with Gasteiger partial charge in [0, 0.05) is 47.6 Å². The van der Waals surface area contributed by atoms with E-state index in [1.54, 1.807) is 9.47 Å². The second-order valence-corrected chi connectivity index (χ2v) is 15.6. The van der Waals surface area contributed by atoms with Gasteiger partial charge in [-0.3, -0.25) is 14.4 Å². The Balaban J connectivity index is 1.15. The molecular weight excluding hydrogens is 689 g/mol. The highest BCUT2D eigenvalue weighted by molar-refractivity contribution is 8.45. The Hall–Kier alpha value is -4.84. The zero-order chi connectivity index (χ0) is 35.3. The first-order valence-corrected chi connectivity index (χ1v) is 17.9. The molecule has 3 aromatic heterocycles. The van der Waals surface area contributed by atoms with Gasteiger partial charge in [0.15, 0.2) is 11.5 Å². The number of hydrogen-bond donors (Lipinski definition) is 2. The van der Waals surface area contributed by atoms with Gasteiger partial charge in [-0.05, 0) is 73.6 Å². The number of likely N-dealkylation sites (tertiary alicyclic amines) is 1. The minimum absolute atomic E-state index is 0.0595. The molecule has 0 radical (unpaired) electrons. The number of carbonyl (C=O) groups excluding carboxylic acids is 2. The van der Waals surface area contributed by atoms with Gasteiger partial charge in [0.2, 0.25) is 11.7 Å². The maximum Gasteiger partial charge on any atom is 0.310 e. The standard InChI is InChI=1S/C32H30F5N7O5S/c33-50(34,35,36,37)20-5-3-19(4-6-20)39-24(46)17-43-27-21-16-22(21)32(9-12-42(13-10-32)30(48)26-23(45)2-1-11-38-26)25(27)29(47)44-31(43)40-28(41-44)18-7-14-49-15-8-18/h1-7,11,21-22,45H,8-10,12-17H2,(H,39,46)/t21-,22+/m0/s1. The van der Waals surface area contributed by atoms with Crippen LogP contribution >= 0.6 is 10.2 Å². The summed E-state index contributed by atoms with van der Waals surface area (Å²) in [5.74, 6) is -0.947. The Morgan fingerprint density at radius 3 is 2.48 bits per heavy atom. The minimum Gasteiger partial charge on any atom is -0.505 e. The molecule has 5 heterocycles. The molecule has 4 aromatic rings. The lowest BCUT2D eigenvalue weighted by atomic mass is 9.71. The molecule has 1 aromatic carbocycles. The number of pyridine rings is 1. The van der Waals surface area contributed by atoms with E-state index in [1.807, 2.05) is 6.08 Å². The number of anilines is 1. The van der Waals surface area contributed by atoms with Crippen LogP contribution in [0.2, 0.25) is 0 Å². The van der Waals surface area contributed by atoms with E-state index in [-0.39, 0.29) is 52.4 Å².